The molecule has 2 fully saturated rings. The van der Waals surface area contributed by atoms with Crippen molar-refractivity contribution in [1.29, 1.82) is 0 Å². The summed E-state index contributed by atoms with van der Waals surface area (Å²) in [6.07, 6.45) is 4.11. The quantitative estimate of drug-likeness (QED) is 0.645. The van der Waals surface area contributed by atoms with Crippen molar-refractivity contribution in [3.63, 3.8) is 0 Å². The molecule has 1 saturated carbocycles. The summed E-state index contributed by atoms with van der Waals surface area (Å²) in [5.41, 5.74) is 0. The molecule has 0 aromatic rings. The van der Waals surface area contributed by atoms with Gasteiger partial charge in [-0.25, -0.2) is 8.78 Å². The molecule has 0 atom stereocenters. The van der Waals surface area contributed by atoms with E-state index in [4.69, 9.17) is 0 Å². The van der Waals surface area contributed by atoms with Crippen LogP contribution in [-0.2, 0) is 0 Å². The molecule has 2 aliphatic rings. The highest BCUT2D eigenvalue weighted by atomic mass is 19.3. The standard InChI is InChI=1S/C10H17F2N/c11-10(12)4-6-13(7-5-10)8-9-2-1-3-9/h9H,1-8H2. The molecule has 0 radical (unpaired) electrons. The molecule has 2 rings (SSSR count). The Bertz CT molecular complexity index is 168. The van der Waals surface area contributed by atoms with Crippen molar-refractivity contribution in [1.82, 2.24) is 4.90 Å². The average Bonchev–Trinajstić information content (AvgIpc) is 1.99. The van der Waals surface area contributed by atoms with Crippen LogP contribution in [0.4, 0.5) is 8.78 Å². The van der Waals surface area contributed by atoms with Crippen LogP contribution in [0, 0.1) is 5.92 Å². The number of alkyl halides is 2. The first-order valence-corrected chi connectivity index (χ1v) is 5.26. The molecule has 1 heterocycles. The van der Waals surface area contributed by atoms with Gasteiger partial charge in [-0.05, 0) is 18.8 Å². The van der Waals surface area contributed by atoms with E-state index in [1.165, 1.54) is 19.3 Å². The predicted octanol–water partition coefficient (Wildman–Crippen LogP) is 2.52. The van der Waals surface area contributed by atoms with Crippen LogP contribution >= 0.6 is 0 Å². The van der Waals surface area contributed by atoms with Crippen molar-refractivity contribution in [3.8, 4) is 0 Å². The molecule has 0 spiro atoms. The number of piperidine rings is 1. The zero-order valence-corrected chi connectivity index (χ0v) is 7.94. The molecule has 0 unspecified atom stereocenters. The van der Waals surface area contributed by atoms with Gasteiger partial charge < -0.3 is 4.90 Å². The third-order valence-corrected chi connectivity index (χ3v) is 3.33. The first-order chi connectivity index (χ1) is 6.16. The lowest BCUT2D eigenvalue weighted by Gasteiger charge is -2.36. The number of halogens is 2. The Morgan fingerprint density at radius 1 is 1.15 bits per heavy atom. The van der Waals surface area contributed by atoms with Crippen LogP contribution < -0.4 is 0 Å². The van der Waals surface area contributed by atoms with E-state index in [-0.39, 0.29) is 12.8 Å². The van der Waals surface area contributed by atoms with Crippen LogP contribution in [0.25, 0.3) is 0 Å². The highest BCUT2D eigenvalue weighted by molar-refractivity contribution is 4.80. The van der Waals surface area contributed by atoms with Crippen molar-refractivity contribution < 1.29 is 8.78 Å². The van der Waals surface area contributed by atoms with Gasteiger partial charge in [0.2, 0.25) is 0 Å². The Morgan fingerprint density at radius 3 is 2.23 bits per heavy atom. The Labute approximate surface area is 78.1 Å². The minimum absolute atomic E-state index is 0.0692. The SMILES string of the molecule is FC1(F)CCN(CC2CCC2)CC1. The van der Waals surface area contributed by atoms with Crippen LogP contribution in [-0.4, -0.2) is 30.5 Å². The van der Waals surface area contributed by atoms with Crippen LogP contribution in [0.2, 0.25) is 0 Å². The second-order valence-electron chi connectivity index (χ2n) is 4.45. The van der Waals surface area contributed by atoms with E-state index >= 15 is 0 Å². The Morgan fingerprint density at radius 2 is 1.77 bits per heavy atom. The van der Waals surface area contributed by atoms with Crippen molar-refractivity contribution in [2.45, 2.75) is 38.0 Å². The van der Waals surface area contributed by atoms with Gasteiger partial charge in [-0.3, -0.25) is 0 Å². The van der Waals surface area contributed by atoms with Gasteiger partial charge in [0.05, 0.1) is 0 Å². The van der Waals surface area contributed by atoms with Crippen LogP contribution in [0.1, 0.15) is 32.1 Å². The molecule has 1 nitrogen and oxygen atoms in total. The van der Waals surface area contributed by atoms with E-state index in [1.54, 1.807) is 0 Å². The minimum atomic E-state index is -2.38. The van der Waals surface area contributed by atoms with Gasteiger partial charge >= 0.3 is 0 Å². The fraction of sp³-hybridized carbons (Fsp3) is 1.00. The van der Waals surface area contributed by atoms with Crippen molar-refractivity contribution in [3.05, 3.63) is 0 Å². The fourth-order valence-corrected chi connectivity index (χ4v) is 2.10. The maximum atomic E-state index is 12.8. The highest BCUT2D eigenvalue weighted by Crippen LogP contribution is 2.31. The summed E-state index contributed by atoms with van der Waals surface area (Å²) in [5.74, 6) is -1.57. The van der Waals surface area contributed by atoms with E-state index < -0.39 is 5.92 Å². The molecule has 0 aromatic heterocycles. The lowest BCUT2D eigenvalue weighted by molar-refractivity contribution is -0.0590. The number of nitrogens with zero attached hydrogens (tertiary/aromatic N) is 1. The minimum Gasteiger partial charge on any atom is -0.303 e. The van der Waals surface area contributed by atoms with Gasteiger partial charge in [-0.1, -0.05) is 6.42 Å². The molecule has 1 saturated heterocycles. The molecule has 0 aromatic carbocycles. The summed E-state index contributed by atoms with van der Waals surface area (Å²) in [6, 6.07) is 0. The Balaban J connectivity index is 1.71. The predicted molar refractivity (Wildman–Crippen MR) is 48.0 cm³/mol. The van der Waals surface area contributed by atoms with E-state index in [1.807, 2.05) is 0 Å². The summed E-state index contributed by atoms with van der Waals surface area (Å²) in [7, 11) is 0. The summed E-state index contributed by atoms with van der Waals surface area (Å²) in [6.45, 7) is 2.27. The third-order valence-electron chi connectivity index (χ3n) is 3.33. The lowest BCUT2D eigenvalue weighted by Crippen LogP contribution is -2.42. The smallest absolute Gasteiger partial charge is 0.250 e. The average molecular weight is 189 g/mol. The van der Waals surface area contributed by atoms with Gasteiger partial charge in [-0.15, -0.1) is 0 Å². The summed E-state index contributed by atoms with van der Waals surface area (Å²) in [5, 5.41) is 0. The highest BCUT2D eigenvalue weighted by Gasteiger charge is 2.34. The number of hydrogen-bond donors (Lipinski definition) is 0. The molecular weight excluding hydrogens is 172 g/mol. The number of hydrogen-bond acceptors (Lipinski definition) is 1. The van der Waals surface area contributed by atoms with Gasteiger partial charge in [0.1, 0.15) is 0 Å². The van der Waals surface area contributed by atoms with E-state index in [0.29, 0.717) is 13.1 Å². The van der Waals surface area contributed by atoms with Crippen LogP contribution in [0.15, 0.2) is 0 Å². The number of likely N-dealkylation sites (tertiary alicyclic amines) is 1. The monoisotopic (exact) mass is 189 g/mol. The molecule has 3 heteroatoms. The number of rotatable bonds is 2. The topological polar surface area (TPSA) is 3.24 Å². The van der Waals surface area contributed by atoms with Crippen LogP contribution in [0.5, 0.6) is 0 Å². The zero-order chi connectivity index (χ0) is 9.31. The maximum absolute atomic E-state index is 12.8. The molecule has 1 aliphatic carbocycles. The van der Waals surface area contributed by atoms with E-state index in [2.05, 4.69) is 4.90 Å². The molecular formula is C10H17F2N. The molecule has 0 N–H and O–H groups in total. The van der Waals surface area contributed by atoms with Crippen LogP contribution in [0.3, 0.4) is 0 Å². The normalized spacial score (nSPS) is 30.0. The summed E-state index contributed by atoms with van der Waals surface area (Å²) in [4.78, 5) is 2.21. The largest absolute Gasteiger partial charge is 0.303 e. The summed E-state index contributed by atoms with van der Waals surface area (Å²) < 4.78 is 25.6. The Kier molecular flexibility index (Phi) is 2.54. The molecule has 76 valence electrons. The molecule has 1 aliphatic heterocycles. The molecule has 13 heavy (non-hydrogen) atoms. The second kappa shape index (κ2) is 3.52. The molecule has 0 amide bonds. The lowest BCUT2D eigenvalue weighted by atomic mass is 9.84. The van der Waals surface area contributed by atoms with Gasteiger partial charge in [0.15, 0.2) is 0 Å². The Hall–Kier alpha value is -0.180. The summed E-state index contributed by atoms with van der Waals surface area (Å²) >= 11 is 0. The fourth-order valence-electron chi connectivity index (χ4n) is 2.10. The van der Waals surface area contributed by atoms with Gasteiger partial charge in [0, 0.05) is 32.5 Å². The third kappa shape index (κ3) is 2.39. The maximum Gasteiger partial charge on any atom is 0.250 e. The zero-order valence-electron chi connectivity index (χ0n) is 7.94. The van der Waals surface area contributed by atoms with E-state index in [0.717, 1.165) is 12.5 Å². The van der Waals surface area contributed by atoms with Crippen molar-refractivity contribution in [2.75, 3.05) is 19.6 Å². The van der Waals surface area contributed by atoms with Crippen molar-refractivity contribution in [2.24, 2.45) is 5.92 Å². The second-order valence-corrected chi connectivity index (χ2v) is 4.45. The molecule has 0 bridgehead atoms. The van der Waals surface area contributed by atoms with Gasteiger partial charge in [-0.2, -0.15) is 0 Å². The van der Waals surface area contributed by atoms with E-state index in [9.17, 15) is 8.78 Å². The van der Waals surface area contributed by atoms with Gasteiger partial charge in [0.25, 0.3) is 5.92 Å². The first kappa shape index (κ1) is 9.38. The first-order valence-electron chi connectivity index (χ1n) is 5.26. The van der Waals surface area contributed by atoms with Crippen molar-refractivity contribution >= 4 is 0 Å².